The Kier molecular flexibility index (Phi) is 5.34. The summed E-state index contributed by atoms with van der Waals surface area (Å²) in [6.07, 6.45) is 1.74. The topological polar surface area (TPSA) is 83.5 Å². The largest absolute Gasteiger partial charge is 0.481 e. The van der Waals surface area contributed by atoms with Crippen LogP contribution < -0.4 is 5.73 Å². The van der Waals surface area contributed by atoms with Crippen LogP contribution in [0.25, 0.3) is 0 Å². The van der Waals surface area contributed by atoms with Crippen molar-refractivity contribution in [2.24, 2.45) is 5.73 Å². The second-order valence-corrected chi connectivity index (χ2v) is 3.26. The number of carbonyl (C=O) groups is 1. The summed E-state index contributed by atoms with van der Waals surface area (Å²) in [6.45, 7) is 3.36. The highest BCUT2D eigenvalue weighted by Gasteiger charge is 2.07. The maximum atomic E-state index is 10.3. The van der Waals surface area contributed by atoms with Crippen LogP contribution in [0.1, 0.15) is 26.7 Å². The van der Waals surface area contributed by atoms with E-state index in [-0.39, 0.29) is 12.5 Å². The molecule has 0 saturated carbocycles. The average molecular weight is 187 g/mol. The fourth-order valence-electron chi connectivity index (χ4n) is 0.845. The van der Waals surface area contributed by atoms with Crippen molar-refractivity contribution in [3.63, 3.8) is 0 Å². The van der Waals surface area contributed by atoms with Crippen molar-refractivity contribution in [2.75, 3.05) is 0 Å². The van der Waals surface area contributed by atoms with Crippen LogP contribution in [0, 0.1) is 0 Å². The Labute approximate surface area is 78.1 Å². The summed E-state index contributed by atoms with van der Waals surface area (Å²) in [6, 6.07) is -0.316. The summed E-state index contributed by atoms with van der Waals surface area (Å²) in [7, 11) is 0. The number of carboxylic acid groups (broad SMARTS) is 1. The first-order chi connectivity index (χ1) is 5.93. The Morgan fingerprint density at radius 3 is 2.54 bits per heavy atom. The van der Waals surface area contributed by atoms with Crippen molar-refractivity contribution in [2.45, 2.75) is 38.8 Å². The Hall–Kier alpha value is -0.870. The molecule has 0 radical (unpaired) electrons. The normalized spacial score (nSPS) is 16.8. The van der Waals surface area contributed by atoms with E-state index in [0.29, 0.717) is 6.42 Å². The first kappa shape index (κ1) is 12.1. The second kappa shape index (κ2) is 5.72. The maximum absolute atomic E-state index is 10.3. The lowest BCUT2D eigenvalue weighted by molar-refractivity contribution is -0.136. The summed E-state index contributed by atoms with van der Waals surface area (Å²) >= 11 is 0. The standard InChI is InChI=1S/C9H17NO3/c1-6(5-9(12)13)3-4-8(10)7(2)11/h3,7-8,11H,4-5,10H2,1-2H3,(H,12,13)/b6-3+. The van der Waals surface area contributed by atoms with Gasteiger partial charge in [-0.1, -0.05) is 11.6 Å². The molecule has 0 heterocycles. The van der Waals surface area contributed by atoms with Crippen molar-refractivity contribution in [1.29, 1.82) is 0 Å². The van der Waals surface area contributed by atoms with E-state index in [1.807, 2.05) is 0 Å². The molecule has 0 aliphatic heterocycles. The Morgan fingerprint density at radius 2 is 2.15 bits per heavy atom. The van der Waals surface area contributed by atoms with Gasteiger partial charge in [-0.25, -0.2) is 0 Å². The molecule has 0 aromatic carbocycles. The number of hydrogen-bond acceptors (Lipinski definition) is 3. The zero-order valence-electron chi connectivity index (χ0n) is 8.03. The van der Waals surface area contributed by atoms with Gasteiger partial charge < -0.3 is 15.9 Å². The smallest absolute Gasteiger partial charge is 0.307 e. The monoisotopic (exact) mass is 187 g/mol. The van der Waals surface area contributed by atoms with Crippen molar-refractivity contribution in [3.8, 4) is 0 Å². The van der Waals surface area contributed by atoms with Crippen LogP contribution >= 0.6 is 0 Å². The van der Waals surface area contributed by atoms with Crippen molar-refractivity contribution >= 4 is 5.97 Å². The van der Waals surface area contributed by atoms with E-state index < -0.39 is 12.1 Å². The summed E-state index contributed by atoms with van der Waals surface area (Å²) in [5.41, 5.74) is 6.32. The molecule has 4 nitrogen and oxygen atoms in total. The molecular weight excluding hydrogens is 170 g/mol. The molecule has 0 rings (SSSR count). The van der Waals surface area contributed by atoms with E-state index in [0.717, 1.165) is 5.57 Å². The molecule has 0 amide bonds. The van der Waals surface area contributed by atoms with E-state index in [2.05, 4.69) is 0 Å². The molecule has 0 aliphatic rings. The van der Waals surface area contributed by atoms with Crippen molar-refractivity contribution in [1.82, 2.24) is 0 Å². The van der Waals surface area contributed by atoms with Gasteiger partial charge in [0.1, 0.15) is 0 Å². The lowest BCUT2D eigenvalue weighted by Crippen LogP contribution is -2.31. The van der Waals surface area contributed by atoms with E-state index >= 15 is 0 Å². The molecule has 2 atom stereocenters. The van der Waals surface area contributed by atoms with Gasteiger partial charge in [0.15, 0.2) is 0 Å². The quantitative estimate of drug-likeness (QED) is 0.547. The number of carboxylic acids is 1. The first-order valence-electron chi connectivity index (χ1n) is 4.24. The van der Waals surface area contributed by atoms with Crippen molar-refractivity contribution in [3.05, 3.63) is 11.6 Å². The lowest BCUT2D eigenvalue weighted by atomic mass is 10.1. The minimum atomic E-state index is -0.848. The van der Waals surface area contributed by atoms with Crippen LogP contribution in [-0.4, -0.2) is 28.3 Å². The van der Waals surface area contributed by atoms with Gasteiger partial charge >= 0.3 is 5.97 Å². The Bertz CT molecular complexity index is 199. The van der Waals surface area contributed by atoms with Gasteiger partial charge in [-0.2, -0.15) is 0 Å². The number of aliphatic carboxylic acids is 1. The molecule has 0 fully saturated rings. The van der Waals surface area contributed by atoms with Crippen LogP contribution in [0.4, 0.5) is 0 Å². The Morgan fingerprint density at radius 1 is 1.62 bits per heavy atom. The van der Waals surface area contributed by atoms with E-state index in [9.17, 15) is 4.79 Å². The van der Waals surface area contributed by atoms with Gasteiger partial charge in [-0.05, 0) is 20.3 Å². The van der Waals surface area contributed by atoms with E-state index in [1.54, 1.807) is 19.9 Å². The molecule has 0 saturated heterocycles. The third kappa shape index (κ3) is 6.31. The third-order valence-corrected chi connectivity index (χ3v) is 1.79. The number of aliphatic hydroxyl groups is 1. The average Bonchev–Trinajstić information content (AvgIpc) is 1.98. The summed E-state index contributed by atoms with van der Waals surface area (Å²) in [4.78, 5) is 10.3. The van der Waals surface area contributed by atoms with Crippen LogP contribution in [0.5, 0.6) is 0 Å². The fraction of sp³-hybridized carbons (Fsp3) is 0.667. The molecule has 0 aromatic heterocycles. The number of aliphatic hydroxyl groups excluding tert-OH is 1. The van der Waals surface area contributed by atoms with Crippen LogP contribution in [0.15, 0.2) is 11.6 Å². The predicted molar refractivity (Wildman–Crippen MR) is 50.3 cm³/mol. The molecule has 0 bridgehead atoms. The van der Waals surface area contributed by atoms with Gasteiger partial charge in [0, 0.05) is 6.04 Å². The highest BCUT2D eigenvalue weighted by Crippen LogP contribution is 2.04. The lowest BCUT2D eigenvalue weighted by Gasteiger charge is -2.12. The molecule has 76 valence electrons. The molecule has 4 N–H and O–H groups in total. The summed E-state index contributed by atoms with van der Waals surface area (Å²) in [5, 5.41) is 17.5. The maximum Gasteiger partial charge on any atom is 0.307 e. The Balaban J connectivity index is 3.89. The molecule has 0 aromatic rings. The third-order valence-electron chi connectivity index (χ3n) is 1.79. The molecule has 0 aliphatic carbocycles. The summed E-state index contributed by atoms with van der Waals surface area (Å²) in [5.74, 6) is -0.848. The van der Waals surface area contributed by atoms with Gasteiger partial charge in [-0.3, -0.25) is 4.79 Å². The highest BCUT2D eigenvalue weighted by molar-refractivity contribution is 5.69. The number of nitrogens with two attached hydrogens (primary N) is 1. The van der Waals surface area contributed by atoms with Crippen LogP contribution in [0.2, 0.25) is 0 Å². The summed E-state index contributed by atoms with van der Waals surface area (Å²) < 4.78 is 0. The van der Waals surface area contributed by atoms with Gasteiger partial charge in [0.25, 0.3) is 0 Å². The predicted octanol–water partition coefficient (Wildman–Crippen LogP) is 0.506. The molecule has 0 spiro atoms. The molecular formula is C9H17NO3. The van der Waals surface area contributed by atoms with Gasteiger partial charge in [-0.15, -0.1) is 0 Å². The first-order valence-corrected chi connectivity index (χ1v) is 4.24. The minimum Gasteiger partial charge on any atom is -0.481 e. The minimum absolute atomic E-state index is 0.0343. The van der Waals surface area contributed by atoms with Crippen molar-refractivity contribution < 1.29 is 15.0 Å². The molecule has 13 heavy (non-hydrogen) atoms. The van der Waals surface area contributed by atoms with Crippen LogP contribution in [-0.2, 0) is 4.79 Å². The van der Waals surface area contributed by atoms with Gasteiger partial charge in [0.2, 0.25) is 0 Å². The second-order valence-electron chi connectivity index (χ2n) is 3.26. The fourth-order valence-corrected chi connectivity index (χ4v) is 0.845. The van der Waals surface area contributed by atoms with Crippen LogP contribution in [0.3, 0.4) is 0 Å². The highest BCUT2D eigenvalue weighted by atomic mass is 16.4. The zero-order valence-corrected chi connectivity index (χ0v) is 8.03. The number of hydrogen-bond donors (Lipinski definition) is 3. The molecule has 2 unspecified atom stereocenters. The van der Waals surface area contributed by atoms with E-state index in [4.69, 9.17) is 15.9 Å². The molecule has 4 heteroatoms. The van der Waals surface area contributed by atoms with Gasteiger partial charge in [0.05, 0.1) is 12.5 Å². The zero-order chi connectivity index (χ0) is 10.4. The van der Waals surface area contributed by atoms with E-state index in [1.165, 1.54) is 0 Å². The SMILES string of the molecule is C/C(=C\CC(N)C(C)O)CC(=O)O. The number of rotatable bonds is 5.